The Morgan fingerprint density at radius 1 is 1.39 bits per heavy atom. The van der Waals surface area contributed by atoms with E-state index in [1.807, 2.05) is 6.92 Å². The van der Waals surface area contributed by atoms with Gasteiger partial charge < -0.3 is 5.32 Å². The van der Waals surface area contributed by atoms with Gasteiger partial charge in [-0.25, -0.2) is 4.39 Å². The van der Waals surface area contributed by atoms with Gasteiger partial charge in [-0.1, -0.05) is 22.9 Å². The minimum Gasteiger partial charge on any atom is -0.305 e. The van der Waals surface area contributed by atoms with Gasteiger partial charge in [-0.05, 0) is 24.7 Å². The van der Waals surface area contributed by atoms with Crippen LogP contribution in [0, 0.1) is 5.82 Å². The van der Waals surface area contributed by atoms with Gasteiger partial charge in [-0.3, -0.25) is 9.97 Å². The van der Waals surface area contributed by atoms with E-state index in [0.29, 0.717) is 17.8 Å². The molecule has 0 aliphatic rings. The van der Waals surface area contributed by atoms with Crippen molar-refractivity contribution in [2.75, 3.05) is 6.54 Å². The molecule has 0 aliphatic carbocycles. The molecule has 0 fully saturated rings. The predicted molar refractivity (Wildman–Crippen MR) is 71.7 cm³/mol. The first-order valence-electron chi connectivity index (χ1n) is 5.66. The first-order chi connectivity index (χ1) is 8.72. The van der Waals surface area contributed by atoms with Crippen LogP contribution in [0.1, 0.15) is 24.2 Å². The highest BCUT2D eigenvalue weighted by molar-refractivity contribution is 9.10. The van der Waals surface area contributed by atoms with E-state index in [4.69, 9.17) is 0 Å². The number of benzene rings is 1. The highest BCUT2D eigenvalue weighted by Crippen LogP contribution is 2.25. The Morgan fingerprint density at radius 3 is 2.89 bits per heavy atom. The van der Waals surface area contributed by atoms with E-state index in [1.165, 1.54) is 6.07 Å². The highest BCUT2D eigenvalue weighted by atomic mass is 79.9. The molecule has 5 heteroatoms. The van der Waals surface area contributed by atoms with Crippen molar-refractivity contribution in [3.63, 3.8) is 0 Å². The van der Waals surface area contributed by atoms with Crippen LogP contribution in [-0.2, 0) is 0 Å². The van der Waals surface area contributed by atoms with Crippen LogP contribution < -0.4 is 5.32 Å². The molecule has 1 heterocycles. The molecular formula is C13H13BrFN3. The van der Waals surface area contributed by atoms with Crippen molar-refractivity contribution in [3.05, 3.63) is 58.3 Å². The first kappa shape index (κ1) is 13.1. The van der Waals surface area contributed by atoms with Crippen LogP contribution in [0.15, 0.2) is 41.3 Å². The van der Waals surface area contributed by atoms with Crippen LogP contribution in [-0.4, -0.2) is 16.5 Å². The maximum atomic E-state index is 13.9. The van der Waals surface area contributed by atoms with E-state index in [2.05, 4.69) is 31.2 Å². The van der Waals surface area contributed by atoms with Gasteiger partial charge >= 0.3 is 0 Å². The summed E-state index contributed by atoms with van der Waals surface area (Å²) in [6.07, 6.45) is 4.85. The Labute approximate surface area is 114 Å². The molecule has 0 aliphatic heterocycles. The number of nitrogens with one attached hydrogen (secondary N) is 1. The smallest absolute Gasteiger partial charge is 0.128 e. The third kappa shape index (κ3) is 2.91. The summed E-state index contributed by atoms with van der Waals surface area (Å²) in [5, 5.41) is 3.22. The summed E-state index contributed by atoms with van der Waals surface area (Å²) in [5.74, 6) is -0.255. The molecule has 0 bridgehead atoms. The van der Waals surface area contributed by atoms with Gasteiger partial charge in [0, 0.05) is 22.4 Å². The van der Waals surface area contributed by atoms with Crippen LogP contribution in [0.4, 0.5) is 4.39 Å². The Morgan fingerprint density at radius 2 is 2.22 bits per heavy atom. The maximum Gasteiger partial charge on any atom is 0.128 e. The fourth-order valence-corrected chi connectivity index (χ4v) is 2.15. The second-order valence-corrected chi connectivity index (χ2v) is 4.70. The number of halogens is 2. The van der Waals surface area contributed by atoms with Crippen molar-refractivity contribution >= 4 is 15.9 Å². The predicted octanol–water partition coefficient (Wildman–Crippen LogP) is 3.08. The van der Waals surface area contributed by atoms with Crippen molar-refractivity contribution in [3.8, 4) is 0 Å². The molecule has 2 aromatic rings. The van der Waals surface area contributed by atoms with E-state index in [9.17, 15) is 4.39 Å². The number of aromatic nitrogens is 2. The van der Waals surface area contributed by atoms with Crippen LogP contribution in [0.5, 0.6) is 0 Å². The average Bonchev–Trinajstić information content (AvgIpc) is 2.40. The molecule has 0 radical (unpaired) electrons. The molecule has 2 rings (SSSR count). The molecule has 94 valence electrons. The Kier molecular flexibility index (Phi) is 4.38. The SMILES string of the molecule is CCNC(c1cnccn1)c1cc(Br)ccc1F. The summed E-state index contributed by atoms with van der Waals surface area (Å²) in [5.41, 5.74) is 1.27. The molecular weight excluding hydrogens is 297 g/mol. The van der Waals surface area contributed by atoms with Gasteiger partial charge in [0.25, 0.3) is 0 Å². The normalized spacial score (nSPS) is 12.4. The maximum absolute atomic E-state index is 13.9. The fourth-order valence-electron chi connectivity index (χ4n) is 1.77. The largest absolute Gasteiger partial charge is 0.305 e. The lowest BCUT2D eigenvalue weighted by Gasteiger charge is -2.18. The van der Waals surface area contributed by atoms with Gasteiger partial charge in [0.1, 0.15) is 5.82 Å². The van der Waals surface area contributed by atoms with E-state index in [0.717, 1.165) is 4.47 Å². The topological polar surface area (TPSA) is 37.8 Å². The number of nitrogens with zero attached hydrogens (tertiary/aromatic N) is 2. The number of hydrogen-bond acceptors (Lipinski definition) is 3. The lowest BCUT2D eigenvalue weighted by Crippen LogP contribution is -2.24. The summed E-state index contributed by atoms with van der Waals surface area (Å²) in [6, 6.07) is 4.59. The van der Waals surface area contributed by atoms with Gasteiger partial charge in [-0.15, -0.1) is 0 Å². The standard InChI is InChI=1S/C13H13BrFN3/c1-2-17-13(12-8-16-5-6-18-12)10-7-9(14)3-4-11(10)15/h3-8,13,17H,2H2,1H3. The first-order valence-corrected chi connectivity index (χ1v) is 6.46. The van der Waals surface area contributed by atoms with Gasteiger partial charge in [0.05, 0.1) is 17.9 Å². The second-order valence-electron chi connectivity index (χ2n) is 3.79. The molecule has 0 amide bonds. The van der Waals surface area contributed by atoms with Crippen molar-refractivity contribution in [2.24, 2.45) is 0 Å². The summed E-state index contributed by atoms with van der Waals surface area (Å²) in [6.45, 7) is 2.69. The van der Waals surface area contributed by atoms with Gasteiger partial charge in [0.2, 0.25) is 0 Å². The molecule has 0 spiro atoms. The Hall–Kier alpha value is -1.33. The van der Waals surface area contributed by atoms with Crippen LogP contribution in [0.2, 0.25) is 0 Å². The molecule has 0 saturated heterocycles. The quantitative estimate of drug-likeness (QED) is 0.943. The number of rotatable bonds is 4. The molecule has 1 aromatic carbocycles. The second kappa shape index (κ2) is 6.02. The molecule has 18 heavy (non-hydrogen) atoms. The molecule has 1 N–H and O–H groups in total. The summed E-state index contributed by atoms with van der Waals surface area (Å²) < 4.78 is 14.8. The van der Waals surface area contributed by atoms with Crippen molar-refractivity contribution in [2.45, 2.75) is 13.0 Å². The van der Waals surface area contributed by atoms with E-state index in [-0.39, 0.29) is 11.9 Å². The fraction of sp³-hybridized carbons (Fsp3) is 0.231. The Balaban J connectivity index is 2.44. The minimum absolute atomic E-state index is 0.255. The lowest BCUT2D eigenvalue weighted by molar-refractivity contribution is 0.550. The minimum atomic E-state index is -0.291. The number of hydrogen-bond donors (Lipinski definition) is 1. The zero-order valence-corrected chi connectivity index (χ0v) is 11.5. The van der Waals surface area contributed by atoms with Crippen molar-refractivity contribution in [1.82, 2.24) is 15.3 Å². The van der Waals surface area contributed by atoms with Gasteiger partial charge in [-0.2, -0.15) is 0 Å². The third-order valence-electron chi connectivity index (χ3n) is 2.56. The van der Waals surface area contributed by atoms with E-state index < -0.39 is 0 Å². The molecule has 0 saturated carbocycles. The molecule has 1 unspecified atom stereocenters. The van der Waals surface area contributed by atoms with E-state index >= 15 is 0 Å². The highest BCUT2D eigenvalue weighted by Gasteiger charge is 2.18. The van der Waals surface area contributed by atoms with Crippen LogP contribution in [0.3, 0.4) is 0 Å². The zero-order chi connectivity index (χ0) is 13.0. The summed E-state index contributed by atoms with van der Waals surface area (Å²) in [7, 11) is 0. The summed E-state index contributed by atoms with van der Waals surface area (Å²) in [4.78, 5) is 8.27. The third-order valence-corrected chi connectivity index (χ3v) is 3.05. The zero-order valence-electron chi connectivity index (χ0n) is 9.90. The van der Waals surface area contributed by atoms with Crippen LogP contribution >= 0.6 is 15.9 Å². The Bertz CT molecular complexity index is 519. The lowest BCUT2D eigenvalue weighted by atomic mass is 10.0. The molecule has 1 atom stereocenters. The molecule has 1 aromatic heterocycles. The van der Waals surface area contributed by atoms with Crippen molar-refractivity contribution in [1.29, 1.82) is 0 Å². The van der Waals surface area contributed by atoms with Gasteiger partial charge in [0.15, 0.2) is 0 Å². The van der Waals surface area contributed by atoms with E-state index in [1.54, 1.807) is 30.7 Å². The van der Waals surface area contributed by atoms with Crippen molar-refractivity contribution < 1.29 is 4.39 Å². The van der Waals surface area contributed by atoms with Crippen LogP contribution in [0.25, 0.3) is 0 Å². The molecule has 3 nitrogen and oxygen atoms in total. The summed E-state index contributed by atoms with van der Waals surface area (Å²) >= 11 is 3.36. The average molecular weight is 310 g/mol. The monoisotopic (exact) mass is 309 g/mol.